The lowest BCUT2D eigenvalue weighted by molar-refractivity contribution is 0.101. The normalized spacial score (nSPS) is 23.4. The highest BCUT2D eigenvalue weighted by Gasteiger charge is 2.20. The van der Waals surface area contributed by atoms with Crippen molar-refractivity contribution in [3.63, 3.8) is 0 Å². The van der Waals surface area contributed by atoms with Crippen LogP contribution < -0.4 is 10.6 Å². The van der Waals surface area contributed by atoms with Crippen LogP contribution in [0.3, 0.4) is 0 Å². The molecule has 2 amide bonds. The number of carbonyl (C=O) groups is 1. The number of rotatable bonds is 7. The van der Waals surface area contributed by atoms with Gasteiger partial charge >= 0.3 is 6.03 Å². The Bertz CT molecular complexity index is 259. The van der Waals surface area contributed by atoms with Gasteiger partial charge in [0, 0.05) is 19.7 Å². The summed E-state index contributed by atoms with van der Waals surface area (Å²) in [6.45, 7) is 6.65. The summed E-state index contributed by atoms with van der Waals surface area (Å²) in [7, 11) is 0. The van der Waals surface area contributed by atoms with E-state index in [4.69, 9.17) is 4.74 Å². The first-order valence-corrected chi connectivity index (χ1v) is 7.35. The molecule has 19 heavy (non-hydrogen) atoms. The highest BCUT2D eigenvalue weighted by atomic mass is 16.5. The maximum absolute atomic E-state index is 11.5. The highest BCUT2D eigenvalue weighted by Crippen LogP contribution is 2.23. The highest BCUT2D eigenvalue weighted by molar-refractivity contribution is 5.73. The van der Waals surface area contributed by atoms with Crippen molar-refractivity contribution < 1.29 is 14.6 Å². The van der Waals surface area contributed by atoms with E-state index < -0.39 is 0 Å². The van der Waals surface area contributed by atoms with Gasteiger partial charge in [-0.15, -0.1) is 0 Å². The molecule has 3 N–H and O–H groups in total. The second-order valence-electron chi connectivity index (χ2n) is 5.79. The van der Waals surface area contributed by atoms with Crippen molar-refractivity contribution >= 4 is 6.03 Å². The Morgan fingerprint density at radius 1 is 1.37 bits per heavy atom. The lowest BCUT2D eigenvalue weighted by Gasteiger charge is -2.25. The number of amides is 2. The third kappa shape index (κ3) is 8.06. The van der Waals surface area contributed by atoms with Crippen molar-refractivity contribution in [3.05, 3.63) is 0 Å². The molecule has 2 unspecified atom stereocenters. The summed E-state index contributed by atoms with van der Waals surface area (Å²) in [5, 5.41) is 15.2. The van der Waals surface area contributed by atoms with Crippen LogP contribution in [0.5, 0.6) is 0 Å². The fraction of sp³-hybridized carbons (Fsp3) is 0.929. The monoisotopic (exact) mass is 272 g/mol. The van der Waals surface area contributed by atoms with Crippen LogP contribution in [0.25, 0.3) is 0 Å². The number of carbonyl (C=O) groups excluding carboxylic acids is 1. The average molecular weight is 272 g/mol. The molecule has 0 spiro atoms. The Hall–Kier alpha value is -0.810. The molecule has 0 aromatic rings. The van der Waals surface area contributed by atoms with Crippen LogP contribution in [-0.2, 0) is 4.74 Å². The lowest BCUT2D eigenvalue weighted by atomic mass is 9.87. The van der Waals surface area contributed by atoms with Crippen molar-refractivity contribution in [1.29, 1.82) is 0 Å². The first-order chi connectivity index (χ1) is 9.08. The molecule has 1 aliphatic rings. The minimum absolute atomic E-state index is 0.145. The van der Waals surface area contributed by atoms with E-state index in [9.17, 15) is 9.90 Å². The predicted molar refractivity (Wildman–Crippen MR) is 75.0 cm³/mol. The van der Waals surface area contributed by atoms with Gasteiger partial charge in [0.2, 0.25) is 0 Å². The van der Waals surface area contributed by atoms with Gasteiger partial charge in [0.15, 0.2) is 0 Å². The molecule has 0 saturated heterocycles. The Morgan fingerprint density at radius 2 is 2.16 bits per heavy atom. The van der Waals surface area contributed by atoms with Gasteiger partial charge in [0.05, 0.1) is 12.7 Å². The number of ether oxygens (including phenoxy) is 1. The molecule has 0 aromatic carbocycles. The van der Waals surface area contributed by atoms with Crippen LogP contribution in [0.15, 0.2) is 0 Å². The van der Waals surface area contributed by atoms with Crippen molar-refractivity contribution in [2.24, 2.45) is 11.8 Å². The minimum atomic E-state index is -0.187. The van der Waals surface area contributed by atoms with E-state index in [1.54, 1.807) is 0 Å². The zero-order chi connectivity index (χ0) is 14.1. The topological polar surface area (TPSA) is 70.6 Å². The molecule has 0 aromatic heterocycles. The molecule has 112 valence electrons. The van der Waals surface area contributed by atoms with E-state index in [-0.39, 0.29) is 12.1 Å². The number of aliphatic hydroxyl groups is 1. The first-order valence-electron chi connectivity index (χ1n) is 7.35. The van der Waals surface area contributed by atoms with Crippen molar-refractivity contribution in [2.75, 3.05) is 26.3 Å². The Kier molecular flexibility index (Phi) is 7.82. The summed E-state index contributed by atoms with van der Waals surface area (Å²) >= 11 is 0. The van der Waals surface area contributed by atoms with E-state index in [0.29, 0.717) is 31.5 Å². The van der Waals surface area contributed by atoms with E-state index in [1.165, 1.54) is 0 Å². The molecule has 0 aliphatic heterocycles. The van der Waals surface area contributed by atoms with Crippen LogP contribution >= 0.6 is 0 Å². The van der Waals surface area contributed by atoms with Gasteiger partial charge in [-0.3, -0.25) is 0 Å². The van der Waals surface area contributed by atoms with Crippen molar-refractivity contribution in [3.8, 4) is 0 Å². The molecular weight excluding hydrogens is 244 g/mol. The van der Waals surface area contributed by atoms with Crippen LogP contribution in [0.4, 0.5) is 4.79 Å². The van der Waals surface area contributed by atoms with Crippen LogP contribution in [0, 0.1) is 11.8 Å². The molecule has 1 fully saturated rings. The number of urea groups is 1. The average Bonchev–Trinajstić information content (AvgIpc) is 2.35. The molecule has 2 atom stereocenters. The number of hydrogen-bond donors (Lipinski definition) is 3. The maximum atomic E-state index is 11.5. The van der Waals surface area contributed by atoms with Gasteiger partial charge in [-0.05, 0) is 31.1 Å². The van der Waals surface area contributed by atoms with Gasteiger partial charge in [0.1, 0.15) is 0 Å². The molecule has 0 bridgehead atoms. The first kappa shape index (κ1) is 16.2. The largest absolute Gasteiger partial charge is 0.393 e. The third-order valence-electron chi connectivity index (χ3n) is 3.29. The lowest BCUT2D eigenvalue weighted by Crippen LogP contribution is -2.40. The second-order valence-corrected chi connectivity index (χ2v) is 5.79. The van der Waals surface area contributed by atoms with Gasteiger partial charge in [0.25, 0.3) is 0 Å². The van der Waals surface area contributed by atoms with Crippen molar-refractivity contribution in [1.82, 2.24) is 10.6 Å². The molecule has 1 rings (SSSR count). The van der Waals surface area contributed by atoms with E-state index >= 15 is 0 Å². The fourth-order valence-corrected chi connectivity index (χ4v) is 2.30. The molecule has 5 heteroatoms. The number of hydrogen-bond acceptors (Lipinski definition) is 3. The smallest absolute Gasteiger partial charge is 0.314 e. The Morgan fingerprint density at radius 3 is 2.84 bits per heavy atom. The molecule has 1 aliphatic carbocycles. The second kappa shape index (κ2) is 9.15. The van der Waals surface area contributed by atoms with Crippen LogP contribution in [0.1, 0.15) is 39.5 Å². The Labute approximate surface area is 116 Å². The summed E-state index contributed by atoms with van der Waals surface area (Å²) in [6.07, 6.45) is 3.66. The zero-order valence-corrected chi connectivity index (χ0v) is 12.2. The molecule has 5 nitrogen and oxygen atoms in total. The maximum Gasteiger partial charge on any atom is 0.314 e. The standard InChI is InChI=1S/C14H28N2O3/c1-11(2)10-19-7-6-15-14(18)16-9-12-4-3-5-13(17)8-12/h11-13,17H,3-10H2,1-2H3,(H2,15,16,18). The van der Waals surface area contributed by atoms with Gasteiger partial charge < -0.3 is 20.5 Å². The summed E-state index contributed by atoms with van der Waals surface area (Å²) in [4.78, 5) is 11.5. The predicted octanol–water partition coefficient (Wildman–Crippen LogP) is 1.51. The summed E-state index contributed by atoms with van der Waals surface area (Å²) in [5.74, 6) is 0.929. The summed E-state index contributed by atoms with van der Waals surface area (Å²) in [5.41, 5.74) is 0. The number of aliphatic hydroxyl groups excluding tert-OH is 1. The molecular formula is C14H28N2O3. The molecule has 0 radical (unpaired) electrons. The minimum Gasteiger partial charge on any atom is -0.393 e. The molecule has 1 saturated carbocycles. The molecule has 0 heterocycles. The van der Waals surface area contributed by atoms with Crippen LogP contribution in [0.2, 0.25) is 0 Å². The fourth-order valence-electron chi connectivity index (χ4n) is 2.30. The van der Waals surface area contributed by atoms with Gasteiger partial charge in [-0.1, -0.05) is 20.3 Å². The van der Waals surface area contributed by atoms with Crippen LogP contribution in [-0.4, -0.2) is 43.5 Å². The third-order valence-corrected chi connectivity index (χ3v) is 3.29. The van der Waals surface area contributed by atoms with E-state index in [0.717, 1.165) is 32.3 Å². The van der Waals surface area contributed by atoms with Crippen molar-refractivity contribution in [2.45, 2.75) is 45.6 Å². The van der Waals surface area contributed by atoms with E-state index in [2.05, 4.69) is 24.5 Å². The number of nitrogens with one attached hydrogen (secondary N) is 2. The van der Waals surface area contributed by atoms with E-state index in [1.807, 2.05) is 0 Å². The quantitative estimate of drug-likeness (QED) is 0.615. The summed E-state index contributed by atoms with van der Waals surface area (Å²) in [6, 6.07) is -0.145. The summed E-state index contributed by atoms with van der Waals surface area (Å²) < 4.78 is 5.38. The van der Waals surface area contributed by atoms with Gasteiger partial charge in [-0.25, -0.2) is 4.79 Å². The van der Waals surface area contributed by atoms with Gasteiger partial charge in [-0.2, -0.15) is 0 Å². The zero-order valence-electron chi connectivity index (χ0n) is 12.2. The SMILES string of the molecule is CC(C)COCCNC(=O)NCC1CCCC(O)C1. The Balaban J connectivity index is 1.98.